The fourth-order valence-corrected chi connectivity index (χ4v) is 2.62. The first kappa shape index (κ1) is 14.3. The molecule has 0 spiro atoms. The van der Waals surface area contributed by atoms with Crippen molar-refractivity contribution in [1.82, 2.24) is 15.1 Å². The molecule has 1 aliphatic rings. The Kier molecular flexibility index (Phi) is 3.93. The van der Waals surface area contributed by atoms with Gasteiger partial charge < -0.3 is 10.8 Å². The summed E-state index contributed by atoms with van der Waals surface area (Å²) < 4.78 is 0. The zero-order valence-corrected chi connectivity index (χ0v) is 12.1. The molecule has 2 heterocycles. The fourth-order valence-electron chi connectivity index (χ4n) is 2.62. The summed E-state index contributed by atoms with van der Waals surface area (Å²) in [5.74, 6) is -0.0753. The summed E-state index contributed by atoms with van der Waals surface area (Å²) >= 11 is 0. The van der Waals surface area contributed by atoms with Crippen LogP contribution in [-0.2, 0) is 4.79 Å². The molecule has 6 heteroatoms. The number of rotatable bonds is 4. The molecule has 0 fully saturated rings. The highest BCUT2D eigenvalue weighted by Crippen LogP contribution is 2.25. The number of aromatic nitrogens is 2. The maximum atomic E-state index is 11.0. The third-order valence-electron chi connectivity index (χ3n) is 3.69. The molecular formula is C16H18N4O2. The van der Waals surface area contributed by atoms with Gasteiger partial charge in [-0.1, -0.05) is 6.08 Å². The summed E-state index contributed by atoms with van der Waals surface area (Å²) in [6.45, 7) is 1.77. The van der Waals surface area contributed by atoms with Crippen LogP contribution < -0.4 is 5.73 Å². The smallest absolute Gasteiger partial charge is 0.231 e. The van der Waals surface area contributed by atoms with Crippen molar-refractivity contribution in [3.05, 3.63) is 42.1 Å². The van der Waals surface area contributed by atoms with Crippen LogP contribution in [0.5, 0.6) is 5.75 Å². The molecule has 0 aliphatic carbocycles. The number of aromatic amines is 1. The number of phenols is 1. The number of amides is 1. The van der Waals surface area contributed by atoms with Crippen LogP contribution >= 0.6 is 0 Å². The number of aromatic hydroxyl groups is 1. The predicted molar refractivity (Wildman–Crippen MR) is 83.9 cm³/mol. The standard InChI is InChI=1S/C16H18N4O2/c17-16(22)10-20-7-1-2-12(9-20)15-8-14(18-19-15)11-3-5-13(21)6-4-11/h2-6,8,21H,1,7,9-10H2,(H2,17,22)(H,18,19). The predicted octanol–water partition coefficient (Wildman–Crippen LogP) is 1.36. The zero-order chi connectivity index (χ0) is 15.5. The van der Waals surface area contributed by atoms with Gasteiger partial charge in [0.15, 0.2) is 0 Å². The van der Waals surface area contributed by atoms with E-state index < -0.39 is 0 Å². The number of H-pyrrole nitrogens is 1. The lowest BCUT2D eigenvalue weighted by molar-refractivity contribution is -0.119. The quantitative estimate of drug-likeness (QED) is 0.794. The first-order valence-electron chi connectivity index (χ1n) is 7.17. The van der Waals surface area contributed by atoms with Gasteiger partial charge >= 0.3 is 0 Å². The van der Waals surface area contributed by atoms with Gasteiger partial charge in [0, 0.05) is 13.1 Å². The molecule has 114 valence electrons. The van der Waals surface area contributed by atoms with Gasteiger partial charge in [0.25, 0.3) is 0 Å². The molecule has 1 aliphatic heterocycles. The maximum absolute atomic E-state index is 11.0. The van der Waals surface area contributed by atoms with Crippen molar-refractivity contribution in [3.63, 3.8) is 0 Å². The van der Waals surface area contributed by atoms with Crippen molar-refractivity contribution in [2.24, 2.45) is 5.73 Å². The number of nitrogens with zero attached hydrogens (tertiary/aromatic N) is 2. The topological polar surface area (TPSA) is 95.2 Å². The molecular weight excluding hydrogens is 280 g/mol. The highest BCUT2D eigenvalue weighted by molar-refractivity contribution is 5.77. The van der Waals surface area contributed by atoms with E-state index in [1.54, 1.807) is 12.1 Å². The van der Waals surface area contributed by atoms with Gasteiger partial charge in [-0.2, -0.15) is 5.10 Å². The molecule has 0 bridgehead atoms. The van der Waals surface area contributed by atoms with Crippen LogP contribution in [-0.4, -0.2) is 45.7 Å². The Bertz CT molecular complexity index is 703. The summed E-state index contributed by atoms with van der Waals surface area (Å²) in [7, 11) is 0. The van der Waals surface area contributed by atoms with Crippen LogP contribution in [0.2, 0.25) is 0 Å². The lowest BCUT2D eigenvalue weighted by Gasteiger charge is -2.25. The third-order valence-corrected chi connectivity index (χ3v) is 3.69. The second kappa shape index (κ2) is 6.03. The minimum Gasteiger partial charge on any atom is -0.508 e. The van der Waals surface area contributed by atoms with Crippen molar-refractivity contribution in [2.45, 2.75) is 6.42 Å². The van der Waals surface area contributed by atoms with Crippen LogP contribution in [0.3, 0.4) is 0 Å². The SMILES string of the molecule is NC(=O)CN1CCC=C(c2cc(-c3ccc(O)cc3)[nH]n2)C1. The second-order valence-electron chi connectivity index (χ2n) is 5.41. The first-order chi connectivity index (χ1) is 10.6. The highest BCUT2D eigenvalue weighted by atomic mass is 16.3. The van der Waals surface area contributed by atoms with Crippen LogP contribution in [0, 0.1) is 0 Å². The zero-order valence-electron chi connectivity index (χ0n) is 12.1. The van der Waals surface area contributed by atoms with E-state index in [-0.39, 0.29) is 18.2 Å². The fraction of sp³-hybridized carbons (Fsp3) is 0.250. The van der Waals surface area contributed by atoms with E-state index in [0.717, 1.165) is 35.5 Å². The number of primary amides is 1. The second-order valence-corrected chi connectivity index (χ2v) is 5.41. The van der Waals surface area contributed by atoms with Gasteiger partial charge in [-0.3, -0.25) is 14.8 Å². The number of phenolic OH excluding ortho intramolecular Hbond substituents is 1. The first-order valence-corrected chi connectivity index (χ1v) is 7.17. The normalized spacial score (nSPS) is 15.5. The molecule has 0 saturated carbocycles. The molecule has 3 rings (SSSR count). The molecule has 22 heavy (non-hydrogen) atoms. The molecule has 1 aromatic carbocycles. The largest absolute Gasteiger partial charge is 0.508 e. The van der Waals surface area contributed by atoms with Crippen LogP contribution in [0.15, 0.2) is 36.4 Å². The molecule has 4 N–H and O–H groups in total. The van der Waals surface area contributed by atoms with Gasteiger partial charge in [-0.05, 0) is 47.9 Å². The number of nitrogens with one attached hydrogen (secondary N) is 1. The number of carbonyl (C=O) groups is 1. The summed E-state index contributed by atoms with van der Waals surface area (Å²) in [5, 5.41) is 16.7. The molecule has 0 unspecified atom stereocenters. The molecule has 2 aromatic rings. The van der Waals surface area contributed by atoms with Crippen LogP contribution in [0.1, 0.15) is 12.1 Å². The van der Waals surface area contributed by atoms with Gasteiger partial charge in [0.1, 0.15) is 5.75 Å². The molecule has 0 radical (unpaired) electrons. The number of carbonyl (C=O) groups excluding carboxylic acids is 1. The molecule has 1 aromatic heterocycles. The average molecular weight is 298 g/mol. The van der Waals surface area contributed by atoms with Crippen molar-refractivity contribution in [2.75, 3.05) is 19.6 Å². The van der Waals surface area contributed by atoms with Crippen molar-refractivity contribution in [3.8, 4) is 17.0 Å². The monoisotopic (exact) mass is 298 g/mol. The van der Waals surface area contributed by atoms with E-state index in [9.17, 15) is 9.90 Å². The Hall–Kier alpha value is -2.60. The number of benzene rings is 1. The van der Waals surface area contributed by atoms with Gasteiger partial charge in [-0.15, -0.1) is 0 Å². The van der Waals surface area contributed by atoms with E-state index in [2.05, 4.69) is 16.3 Å². The van der Waals surface area contributed by atoms with Crippen molar-refractivity contribution < 1.29 is 9.90 Å². The van der Waals surface area contributed by atoms with Crippen molar-refractivity contribution in [1.29, 1.82) is 0 Å². The van der Waals surface area contributed by atoms with Crippen LogP contribution in [0.25, 0.3) is 16.8 Å². The summed E-state index contributed by atoms with van der Waals surface area (Å²) in [6, 6.07) is 8.93. The van der Waals surface area contributed by atoms with E-state index in [4.69, 9.17) is 5.73 Å². The van der Waals surface area contributed by atoms with E-state index in [0.29, 0.717) is 6.54 Å². The Balaban J connectivity index is 1.77. The molecule has 1 amide bonds. The Morgan fingerprint density at radius 2 is 2.14 bits per heavy atom. The Labute approximate surface area is 128 Å². The highest BCUT2D eigenvalue weighted by Gasteiger charge is 2.17. The van der Waals surface area contributed by atoms with E-state index >= 15 is 0 Å². The number of nitrogens with two attached hydrogens (primary N) is 1. The third kappa shape index (κ3) is 3.17. The number of hydrogen-bond donors (Lipinski definition) is 3. The summed E-state index contributed by atoms with van der Waals surface area (Å²) in [6.07, 6.45) is 3.03. The van der Waals surface area contributed by atoms with Gasteiger partial charge in [-0.25, -0.2) is 0 Å². The Morgan fingerprint density at radius 1 is 1.36 bits per heavy atom. The van der Waals surface area contributed by atoms with Gasteiger partial charge in [0.05, 0.1) is 17.9 Å². The summed E-state index contributed by atoms with van der Waals surface area (Å²) in [4.78, 5) is 13.1. The molecule has 0 saturated heterocycles. The molecule has 6 nitrogen and oxygen atoms in total. The maximum Gasteiger partial charge on any atom is 0.231 e. The minimum atomic E-state index is -0.312. The van der Waals surface area contributed by atoms with Gasteiger partial charge in [0.2, 0.25) is 5.91 Å². The van der Waals surface area contributed by atoms with E-state index in [1.807, 2.05) is 23.1 Å². The van der Waals surface area contributed by atoms with Crippen LogP contribution in [0.4, 0.5) is 0 Å². The average Bonchev–Trinajstić information content (AvgIpc) is 2.97. The lowest BCUT2D eigenvalue weighted by atomic mass is 10.1. The minimum absolute atomic E-state index is 0.237. The van der Waals surface area contributed by atoms with E-state index in [1.165, 1.54) is 0 Å². The Morgan fingerprint density at radius 3 is 2.86 bits per heavy atom. The number of hydrogen-bond acceptors (Lipinski definition) is 4. The van der Waals surface area contributed by atoms with Crippen molar-refractivity contribution >= 4 is 11.5 Å². The summed E-state index contributed by atoms with van der Waals surface area (Å²) in [5.41, 5.74) is 9.07. The lowest BCUT2D eigenvalue weighted by Crippen LogP contribution is -2.37. The molecule has 0 atom stereocenters.